The zero-order valence-electron chi connectivity index (χ0n) is 9.13. The number of nitrogens with zero attached hydrogens (tertiary/aromatic N) is 2. The van der Waals surface area contributed by atoms with Gasteiger partial charge < -0.3 is 4.90 Å². The Balaban J connectivity index is 2.03. The summed E-state index contributed by atoms with van der Waals surface area (Å²) in [6, 6.07) is 6.81. The zero-order valence-corrected chi connectivity index (χ0v) is 9.13. The van der Waals surface area contributed by atoms with Crippen molar-refractivity contribution in [1.82, 2.24) is 10.2 Å². The molecule has 1 fully saturated rings. The quantitative estimate of drug-likeness (QED) is 0.798. The number of rotatable bonds is 1. The Morgan fingerprint density at radius 1 is 1.06 bits per heavy atom. The smallest absolute Gasteiger partial charge is 0.329 e. The van der Waals surface area contributed by atoms with Gasteiger partial charge in [0.05, 0.1) is 18.6 Å². The Bertz CT molecular complexity index is 577. The number of nitrogens with one attached hydrogen (secondary N) is 1. The van der Waals surface area contributed by atoms with Crippen LogP contribution in [-0.4, -0.2) is 35.1 Å². The van der Waals surface area contributed by atoms with Crippen molar-refractivity contribution >= 4 is 16.7 Å². The van der Waals surface area contributed by atoms with Gasteiger partial charge in [0.1, 0.15) is 0 Å². The molecule has 1 aromatic heterocycles. The number of hydrogen-bond acceptors (Lipinski definition) is 2. The van der Waals surface area contributed by atoms with Crippen LogP contribution in [0, 0.1) is 0 Å². The van der Waals surface area contributed by atoms with Crippen LogP contribution < -0.4 is 4.90 Å². The first-order valence-corrected chi connectivity index (χ1v) is 5.34. The van der Waals surface area contributed by atoms with Crippen LogP contribution in [0.4, 0.5) is 23.4 Å². The molecule has 2 aromatic rings. The number of H-pyrrole nitrogens is 1. The third-order valence-electron chi connectivity index (χ3n) is 3.06. The Kier molecular flexibility index (Phi) is 2.11. The van der Waals surface area contributed by atoms with Crippen LogP contribution in [0.3, 0.4) is 0 Å². The lowest BCUT2D eigenvalue weighted by Crippen LogP contribution is -2.38. The topological polar surface area (TPSA) is 31.9 Å². The van der Waals surface area contributed by atoms with Crippen molar-refractivity contribution in [2.24, 2.45) is 0 Å². The van der Waals surface area contributed by atoms with E-state index in [0.717, 1.165) is 4.90 Å². The number of aromatic amines is 1. The Morgan fingerprint density at radius 3 is 2.33 bits per heavy atom. The molecular weight excluding hydrogens is 250 g/mol. The van der Waals surface area contributed by atoms with Gasteiger partial charge in [0.2, 0.25) is 0 Å². The fourth-order valence-corrected chi connectivity index (χ4v) is 2.11. The Hall–Kier alpha value is -1.79. The second-order valence-corrected chi connectivity index (χ2v) is 4.36. The predicted molar refractivity (Wildman–Crippen MR) is 58.2 cm³/mol. The van der Waals surface area contributed by atoms with E-state index >= 15 is 0 Å². The highest BCUT2D eigenvalue weighted by molar-refractivity contribution is 5.90. The second kappa shape index (κ2) is 3.37. The summed E-state index contributed by atoms with van der Waals surface area (Å²) in [6.45, 7) is -2.04. The third kappa shape index (κ3) is 1.46. The van der Waals surface area contributed by atoms with Crippen LogP contribution in [0.25, 0.3) is 10.9 Å². The lowest BCUT2D eigenvalue weighted by Gasteiger charge is -2.14. The molecule has 0 spiro atoms. The molecule has 0 saturated carbocycles. The number of benzene rings is 1. The number of fused-ring (bicyclic) bond motifs is 1. The molecule has 1 aliphatic rings. The number of para-hydroxylation sites is 1. The summed E-state index contributed by atoms with van der Waals surface area (Å²) in [6.07, 6.45) is 0. The molecule has 0 amide bonds. The average Bonchev–Trinajstić information content (AvgIpc) is 2.78. The molecule has 1 N–H and O–H groups in total. The highest BCUT2D eigenvalue weighted by atomic mass is 19.3. The van der Waals surface area contributed by atoms with Crippen LogP contribution in [0.2, 0.25) is 0 Å². The lowest BCUT2D eigenvalue weighted by atomic mass is 10.2. The van der Waals surface area contributed by atoms with Crippen LogP contribution in [-0.2, 0) is 0 Å². The molecule has 0 unspecified atom stereocenters. The minimum Gasteiger partial charge on any atom is -0.342 e. The van der Waals surface area contributed by atoms with Gasteiger partial charge in [-0.2, -0.15) is 22.7 Å². The number of alkyl halides is 4. The molecule has 2 heterocycles. The highest BCUT2D eigenvalue weighted by Gasteiger charge is 2.63. The molecule has 18 heavy (non-hydrogen) atoms. The molecule has 0 radical (unpaired) electrons. The van der Waals surface area contributed by atoms with Crippen molar-refractivity contribution in [3.63, 3.8) is 0 Å². The van der Waals surface area contributed by atoms with Gasteiger partial charge >= 0.3 is 11.8 Å². The summed E-state index contributed by atoms with van der Waals surface area (Å²) in [7, 11) is 0. The fraction of sp³-hybridized carbons (Fsp3) is 0.364. The van der Waals surface area contributed by atoms with Gasteiger partial charge in [0.15, 0.2) is 5.82 Å². The van der Waals surface area contributed by atoms with Gasteiger partial charge in [-0.1, -0.05) is 12.1 Å². The molecule has 3 rings (SSSR count). The van der Waals surface area contributed by atoms with E-state index in [1.54, 1.807) is 24.3 Å². The van der Waals surface area contributed by atoms with E-state index < -0.39 is 24.9 Å². The van der Waals surface area contributed by atoms with E-state index in [1.807, 2.05) is 0 Å². The summed E-state index contributed by atoms with van der Waals surface area (Å²) < 4.78 is 52.5. The Labute approximate surface area is 99.4 Å². The monoisotopic (exact) mass is 259 g/mol. The van der Waals surface area contributed by atoms with E-state index in [-0.39, 0.29) is 5.82 Å². The number of anilines is 1. The van der Waals surface area contributed by atoms with Gasteiger partial charge in [-0.15, -0.1) is 0 Å². The number of hydrogen-bond donors (Lipinski definition) is 1. The SMILES string of the molecule is FC1(F)CN(c2n[nH]c3ccccc23)CC1(F)F. The van der Waals surface area contributed by atoms with Gasteiger partial charge in [-0.25, -0.2) is 0 Å². The average molecular weight is 259 g/mol. The van der Waals surface area contributed by atoms with Crippen LogP contribution in [0.5, 0.6) is 0 Å². The molecule has 3 nitrogen and oxygen atoms in total. The highest BCUT2D eigenvalue weighted by Crippen LogP contribution is 2.43. The maximum absolute atomic E-state index is 13.1. The minimum atomic E-state index is -4.02. The van der Waals surface area contributed by atoms with E-state index in [9.17, 15) is 17.6 Å². The molecule has 0 aliphatic carbocycles. The summed E-state index contributed by atoms with van der Waals surface area (Å²) in [5.41, 5.74) is 0.631. The van der Waals surface area contributed by atoms with E-state index in [4.69, 9.17) is 0 Å². The molecule has 1 saturated heterocycles. The number of halogens is 4. The molecule has 1 aliphatic heterocycles. The standard InChI is InChI=1S/C11H9F4N3/c12-10(13)5-18(6-11(10,14)15)9-7-3-1-2-4-8(7)16-17-9/h1-4H,5-6H2,(H,16,17). The summed E-state index contributed by atoms with van der Waals surface area (Å²) >= 11 is 0. The van der Waals surface area contributed by atoms with Crippen molar-refractivity contribution < 1.29 is 17.6 Å². The van der Waals surface area contributed by atoms with Crippen molar-refractivity contribution in [2.45, 2.75) is 11.8 Å². The molecular formula is C11H9F4N3. The molecule has 0 atom stereocenters. The second-order valence-electron chi connectivity index (χ2n) is 4.36. The first-order valence-electron chi connectivity index (χ1n) is 5.34. The molecule has 1 aromatic carbocycles. The van der Waals surface area contributed by atoms with Crippen molar-refractivity contribution in [1.29, 1.82) is 0 Å². The maximum atomic E-state index is 13.1. The summed E-state index contributed by atoms with van der Waals surface area (Å²) in [5.74, 6) is -7.90. The van der Waals surface area contributed by atoms with Crippen molar-refractivity contribution in [2.75, 3.05) is 18.0 Å². The Morgan fingerprint density at radius 2 is 1.67 bits per heavy atom. The summed E-state index contributed by atoms with van der Waals surface area (Å²) in [5, 5.41) is 7.04. The third-order valence-corrected chi connectivity index (χ3v) is 3.06. The van der Waals surface area contributed by atoms with Crippen LogP contribution in [0.15, 0.2) is 24.3 Å². The van der Waals surface area contributed by atoms with E-state index in [1.165, 1.54) is 0 Å². The van der Waals surface area contributed by atoms with Gasteiger partial charge in [0.25, 0.3) is 0 Å². The minimum absolute atomic E-state index is 0.141. The predicted octanol–water partition coefficient (Wildman–Crippen LogP) is 2.65. The van der Waals surface area contributed by atoms with E-state index in [2.05, 4.69) is 10.2 Å². The zero-order chi connectivity index (χ0) is 13.0. The molecule has 7 heteroatoms. The van der Waals surface area contributed by atoms with Gasteiger partial charge in [-0.3, -0.25) is 5.10 Å². The van der Waals surface area contributed by atoms with Crippen molar-refractivity contribution in [3.05, 3.63) is 24.3 Å². The fourth-order valence-electron chi connectivity index (χ4n) is 2.11. The number of aromatic nitrogens is 2. The largest absolute Gasteiger partial charge is 0.342 e. The van der Waals surface area contributed by atoms with Gasteiger partial charge in [-0.05, 0) is 12.1 Å². The maximum Gasteiger partial charge on any atom is 0.329 e. The summed E-state index contributed by atoms with van der Waals surface area (Å²) in [4.78, 5) is 0.916. The molecule has 96 valence electrons. The van der Waals surface area contributed by atoms with E-state index in [0.29, 0.717) is 10.9 Å². The van der Waals surface area contributed by atoms with Crippen LogP contribution >= 0.6 is 0 Å². The van der Waals surface area contributed by atoms with Gasteiger partial charge in [0, 0.05) is 5.39 Å². The first-order chi connectivity index (χ1) is 8.41. The lowest BCUT2D eigenvalue weighted by molar-refractivity contribution is -0.172. The molecule has 0 bridgehead atoms. The first kappa shape index (κ1) is 11.3. The van der Waals surface area contributed by atoms with Crippen LogP contribution in [0.1, 0.15) is 0 Å². The van der Waals surface area contributed by atoms with Crippen molar-refractivity contribution in [3.8, 4) is 0 Å². The normalized spacial score (nSPS) is 21.7.